The summed E-state index contributed by atoms with van der Waals surface area (Å²) in [5.74, 6) is 1.09. The first-order valence-electron chi connectivity index (χ1n) is 12.2. The van der Waals surface area contributed by atoms with Crippen molar-refractivity contribution in [1.29, 1.82) is 0 Å². The van der Waals surface area contributed by atoms with E-state index < -0.39 is 0 Å². The smallest absolute Gasteiger partial charge is 0.254 e. The van der Waals surface area contributed by atoms with Gasteiger partial charge in [-0.25, -0.2) is 4.98 Å². The Labute approximate surface area is 215 Å². The third-order valence-corrected chi connectivity index (χ3v) is 5.89. The van der Waals surface area contributed by atoms with Crippen molar-refractivity contribution in [3.8, 4) is 28.4 Å². The largest absolute Gasteiger partial charge is 0.454 e. The number of nitrogens with one attached hydrogen (secondary N) is 1. The zero-order valence-electron chi connectivity index (χ0n) is 20.8. The van der Waals surface area contributed by atoms with E-state index in [1.807, 2.05) is 85.3 Å². The van der Waals surface area contributed by atoms with Crippen LogP contribution < -0.4 is 14.8 Å². The summed E-state index contributed by atoms with van der Waals surface area (Å²) in [6.45, 7) is 4.44. The van der Waals surface area contributed by atoms with E-state index >= 15 is 0 Å². The molecule has 1 aliphatic heterocycles. The number of benzene rings is 3. The van der Waals surface area contributed by atoms with Gasteiger partial charge in [-0.3, -0.25) is 19.5 Å². The summed E-state index contributed by atoms with van der Waals surface area (Å²) in [6, 6.07) is 24.5. The van der Waals surface area contributed by atoms with Crippen LogP contribution in [0.15, 0.2) is 85.1 Å². The Morgan fingerprint density at radius 3 is 2.41 bits per heavy atom. The van der Waals surface area contributed by atoms with Gasteiger partial charge in [-0.05, 0) is 36.2 Å². The molecule has 0 saturated carbocycles. The molecule has 0 unspecified atom stereocenters. The number of fused-ring (bicyclic) bond motifs is 1. The predicted molar refractivity (Wildman–Crippen MR) is 141 cm³/mol. The van der Waals surface area contributed by atoms with Gasteiger partial charge in [0, 0.05) is 29.6 Å². The molecule has 5 rings (SSSR count). The average Bonchev–Trinajstić information content (AvgIpc) is 3.55. The van der Waals surface area contributed by atoms with Gasteiger partial charge in [0.05, 0.1) is 5.69 Å². The first-order chi connectivity index (χ1) is 18.0. The number of hydrogen-bond acceptors (Lipinski definition) is 5. The molecule has 4 aromatic rings. The average molecular weight is 497 g/mol. The Kier molecular flexibility index (Phi) is 6.89. The highest BCUT2D eigenvalue weighted by atomic mass is 16.7. The minimum absolute atomic E-state index is 0.117. The molecule has 2 amide bonds. The van der Waals surface area contributed by atoms with Gasteiger partial charge in [-0.2, -0.15) is 0 Å². The summed E-state index contributed by atoms with van der Waals surface area (Å²) in [5.41, 5.74) is 2.97. The minimum atomic E-state index is -0.336. The van der Waals surface area contributed by atoms with Gasteiger partial charge in [-0.1, -0.05) is 62.4 Å². The van der Waals surface area contributed by atoms with Gasteiger partial charge in [0.1, 0.15) is 6.54 Å². The van der Waals surface area contributed by atoms with Crippen LogP contribution >= 0.6 is 0 Å². The molecule has 0 radical (unpaired) electrons. The van der Waals surface area contributed by atoms with Crippen LogP contribution in [0, 0.1) is 5.92 Å². The second-order valence-electron chi connectivity index (χ2n) is 9.22. The monoisotopic (exact) mass is 496 g/mol. The van der Waals surface area contributed by atoms with Gasteiger partial charge in [0.15, 0.2) is 11.5 Å². The number of hydrogen-bond donors (Lipinski definition) is 1. The molecule has 188 valence electrons. The molecule has 1 N–H and O–H groups in total. The van der Waals surface area contributed by atoms with Crippen LogP contribution in [0.25, 0.3) is 16.9 Å². The highest BCUT2D eigenvalue weighted by Crippen LogP contribution is 2.33. The minimum Gasteiger partial charge on any atom is -0.454 e. The topological polar surface area (TPSA) is 85.7 Å². The predicted octanol–water partition coefficient (Wildman–Crippen LogP) is 5.00. The van der Waals surface area contributed by atoms with Crippen LogP contribution in [-0.4, -0.2) is 46.1 Å². The van der Waals surface area contributed by atoms with Crippen LogP contribution in [0.3, 0.4) is 0 Å². The first-order valence-corrected chi connectivity index (χ1v) is 12.2. The van der Waals surface area contributed by atoms with Gasteiger partial charge in [0.2, 0.25) is 18.6 Å². The summed E-state index contributed by atoms with van der Waals surface area (Å²) in [6.07, 6.45) is 1.89. The summed E-state index contributed by atoms with van der Waals surface area (Å²) in [5, 5.41) is 2.93. The van der Waals surface area contributed by atoms with E-state index in [-0.39, 0.29) is 31.1 Å². The van der Waals surface area contributed by atoms with Crippen LogP contribution in [0.1, 0.15) is 24.2 Å². The van der Waals surface area contributed by atoms with Crippen molar-refractivity contribution in [3.05, 3.63) is 90.6 Å². The van der Waals surface area contributed by atoms with Crippen LogP contribution in [0.4, 0.5) is 5.95 Å². The van der Waals surface area contributed by atoms with Crippen LogP contribution in [0.5, 0.6) is 11.5 Å². The normalized spacial score (nSPS) is 12.0. The maximum absolute atomic E-state index is 13.4. The Balaban J connectivity index is 1.39. The second-order valence-corrected chi connectivity index (χ2v) is 9.22. The number of para-hydroxylation sites is 1. The molecule has 37 heavy (non-hydrogen) atoms. The molecule has 0 bridgehead atoms. The van der Waals surface area contributed by atoms with Crippen molar-refractivity contribution >= 4 is 17.8 Å². The van der Waals surface area contributed by atoms with E-state index in [9.17, 15) is 9.59 Å². The molecule has 8 nitrogen and oxygen atoms in total. The van der Waals surface area contributed by atoms with Gasteiger partial charge >= 0.3 is 0 Å². The number of imidazole rings is 1. The molecule has 1 aromatic heterocycles. The van der Waals surface area contributed by atoms with Gasteiger partial charge in [-0.15, -0.1) is 0 Å². The second kappa shape index (κ2) is 10.6. The third kappa shape index (κ3) is 5.48. The van der Waals surface area contributed by atoms with Crippen molar-refractivity contribution in [3.63, 3.8) is 0 Å². The molecular weight excluding hydrogens is 468 g/mol. The molecule has 0 spiro atoms. The van der Waals surface area contributed by atoms with E-state index in [4.69, 9.17) is 14.5 Å². The molecule has 0 fully saturated rings. The number of anilines is 1. The van der Waals surface area contributed by atoms with Gasteiger partial charge in [0.25, 0.3) is 5.91 Å². The lowest BCUT2D eigenvalue weighted by Crippen LogP contribution is -2.40. The number of carbonyl (C=O) groups excluding carboxylic acids is 2. The summed E-state index contributed by atoms with van der Waals surface area (Å²) < 4.78 is 12.6. The van der Waals surface area contributed by atoms with E-state index in [2.05, 4.69) is 5.32 Å². The zero-order chi connectivity index (χ0) is 25.8. The fraction of sp³-hybridized carbons (Fsp3) is 0.207. The van der Waals surface area contributed by atoms with Crippen molar-refractivity contribution in [1.82, 2.24) is 14.5 Å². The van der Waals surface area contributed by atoms with Crippen molar-refractivity contribution in [2.24, 2.45) is 5.92 Å². The van der Waals surface area contributed by atoms with E-state index in [0.29, 0.717) is 29.6 Å². The molecule has 1 aliphatic rings. The molecular formula is C29H28N4O4. The number of rotatable bonds is 8. The van der Waals surface area contributed by atoms with Crippen LogP contribution in [0.2, 0.25) is 0 Å². The van der Waals surface area contributed by atoms with Crippen molar-refractivity contribution in [2.45, 2.75) is 13.8 Å². The number of amides is 2. The number of carbonyl (C=O) groups is 2. The maximum atomic E-state index is 13.4. The maximum Gasteiger partial charge on any atom is 0.254 e. The Morgan fingerprint density at radius 2 is 1.68 bits per heavy atom. The molecule has 0 atom stereocenters. The number of aromatic nitrogens is 2. The number of nitrogens with zero attached hydrogens (tertiary/aromatic N) is 3. The standard InChI is InChI=1S/C29H28N4O4/c1-20(2)16-32(28(35)22-13-14-25-26(15-22)37-19-36-25)18-27(34)31-29-30-24(21-9-5-3-6-10-21)17-33(29)23-11-7-4-8-12-23/h3-15,17,20H,16,18-19H2,1-2H3,(H,30,31,34). The fourth-order valence-corrected chi connectivity index (χ4v) is 4.21. The van der Waals surface area contributed by atoms with Crippen molar-refractivity contribution in [2.75, 3.05) is 25.2 Å². The summed E-state index contributed by atoms with van der Waals surface area (Å²) >= 11 is 0. The first kappa shape index (κ1) is 24.1. The Bertz CT molecular complexity index is 1400. The Morgan fingerprint density at radius 1 is 0.973 bits per heavy atom. The summed E-state index contributed by atoms with van der Waals surface area (Å²) in [4.78, 5) is 32.9. The van der Waals surface area contributed by atoms with Crippen molar-refractivity contribution < 1.29 is 19.1 Å². The zero-order valence-corrected chi connectivity index (χ0v) is 20.8. The summed E-state index contributed by atoms with van der Waals surface area (Å²) in [7, 11) is 0. The van der Waals surface area contributed by atoms with E-state index in [0.717, 1.165) is 16.9 Å². The lowest BCUT2D eigenvalue weighted by atomic mass is 10.1. The highest BCUT2D eigenvalue weighted by molar-refractivity contribution is 5.99. The molecule has 0 aliphatic carbocycles. The molecule has 8 heteroatoms. The van der Waals surface area contributed by atoms with E-state index in [1.165, 1.54) is 0 Å². The fourth-order valence-electron chi connectivity index (χ4n) is 4.21. The molecule has 0 saturated heterocycles. The molecule has 3 aromatic carbocycles. The van der Waals surface area contributed by atoms with Crippen LogP contribution in [-0.2, 0) is 4.79 Å². The quantitative estimate of drug-likeness (QED) is 0.371. The SMILES string of the molecule is CC(C)CN(CC(=O)Nc1nc(-c2ccccc2)cn1-c1ccccc1)C(=O)c1ccc2c(c1)OCO2. The number of ether oxygens (including phenoxy) is 2. The molecule has 2 heterocycles. The lowest BCUT2D eigenvalue weighted by molar-refractivity contribution is -0.117. The van der Waals surface area contributed by atoms with Gasteiger partial charge < -0.3 is 14.4 Å². The van der Waals surface area contributed by atoms with E-state index in [1.54, 1.807) is 23.1 Å². The lowest BCUT2D eigenvalue weighted by Gasteiger charge is -2.24. The Hall–Kier alpha value is -4.59. The highest BCUT2D eigenvalue weighted by Gasteiger charge is 2.24. The third-order valence-electron chi connectivity index (χ3n) is 5.89.